The average molecular weight is 406 g/mol. The van der Waals surface area contributed by atoms with Crippen LogP contribution in [-0.2, 0) is 0 Å². The van der Waals surface area contributed by atoms with Crippen molar-refractivity contribution in [2.75, 3.05) is 0 Å². The van der Waals surface area contributed by atoms with Crippen molar-refractivity contribution < 1.29 is 5.11 Å². The molecule has 2 nitrogen and oxygen atoms in total. The van der Waals surface area contributed by atoms with Gasteiger partial charge in [-0.1, -0.05) is 49.8 Å². The predicted molar refractivity (Wildman–Crippen MR) is 121 cm³/mol. The van der Waals surface area contributed by atoms with Crippen molar-refractivity contribution in [3.8, 4) is 0 Å². The highest BCUT2D eigenvalue weighted by atomic mass is 32.1. The summed E-state index contributed by atoms with van der Waals surface area (Å²) in [6, 6.07) is 8.64. The van der Waals surface area contributed by atoms with Crippen LogP contribution in [0.4, 0.5) is 0 Å². The molecule has 4 aliphatic carbocycles. The van der Waals surface area contributed by atoms with Gasteiger partial charge >= 0.3 is 0 Å². The molecule has 0 radical (unpaired) electrons. The fourth-order valence-corrected chi connectivity index (χ4v) is 8.68. The molecule has 6 rings (SSSR count). The normalized spacial score (nSPS) is 41.3. The lowest BCUT2D eigenvalue weighted by atomic mass is 9.47. The summed E-state index contributed by atoms with van der Waals surface area (Å²) in [4.78, 5) is 1.42. The number of aromatic nitrogens is 1. The van der Waals surface area contributed by atoms with Crippen LogP contribution >= 0.6 is 11.5 Å². The lowest BCUT2D eigenvalue weighted by molar-refractivity contribution is -0.0237. The Bertz CT molecular complexity index is 1030. The van der Waals surface area contributed by atoms with E-state index in [9.17, 15) is 5.11 Å². The van der Waals surface area contributed by atoms with Crippen LogP contribution in [0.25, 0.3) is 16.5 Å². The molecule has 0 saturated heterocycles. The summed E-state index contributed by atoms with van der Waals surface area (Å²) in [6.45, 7) is 5.07. The highest BCUT2D eigenvalue weighted by molar-refractivity contribution is 7.08. The molecule has 1 aromatic carbocycles. The number of fused-ring (bicyclic) bond motifs is 6. The predicted octanol–water partition coefficient (Wildman–Crippen LogP) is 6.61. The van der Waals surface area contributed by atoms with E-state index in [4.69, 9.17) is 4.37 Å². The van der Waals surface area contributed by atoms with Gasteiger partial charge in [-0.2, -0.15) is 4.37 Å². The van der Waals surface area contributed by atoms with E-state index < -0.39 is 0 Å². The molecule has 2 aromatic rings. The zero-order valence-electron chi connectivity index (χ0n) is 17.5. The van der Waals surface area contributed by atoms with Crippen LogP contribution in [0.5, 0.6) is 0 Å². The zero-order valence-corrected chi connectivity index (χ0v) is 18.3. The number of allylic oxidation sites excluding steroid dienone is 3. The molecule has 0 amide bonds. The van der Waals surface area contributed by atoms with E-state index in [1.807, 2.05) is 0 Å². The molecule has 6 atom stereocenters. The standard InChI is InChI=1S/C26H31NOS/c1-25-13-11-17(28)15-16(25)7-8-18-20-9-10-22(26(20,2)14-12-21(18)25)24-19-5-3-4-6-23(19)27-29-24/h3-7,10,17-18,20-21,28H,8-9,11-15H2,1-2H3/t17?,18?,20?,21?,25?,26-/m0/s1. The van der Waals surface area contributed by atoms with E-state index in [1.54, 1.807) is 22.7 Å². The van der Waals surface area contributed by atoms with Gasteiger partial charge in [0.15, 0.2) is 0 Å². The molecule has 1 heterocycles. The first-order valence-electron chi connectivity index (χ1n) is 11.4. The number of benzene rings is 1. The van der Waals surface area contributed by atoms with E-state index in [1.165, 1.54) is 42.4 Å². The Labute approximate surface area is 177 Å². The summed E-state index contributed by atoms with van der Waals surface area (Å²) in [5, 5.41) is 11.6. The summed E-state index contributed by atoms with van der Waals surface area (Å²) in [5.41, 5.74) is 4.91. The van der Waals surface area contributed by atoms with Crippen molar-refractivity contribution in [1.29, 1.82) is 0 Å². The first kappa shape index (κ1) is 18.3. The molecule has 5 unspecified atom stereocenters. The molecule has 0 aliphatic heterocycles. The molecule has 0 bridgehead atoms. The van der Waals surface area contributed by atoms with E-state index in [-0.39, 0.29) is 11.5 Å². The smallest absolute Gasteiger partial charge is 0.0847 e. The highest BCUT2D eigenvalue weighted by Gasteiger charge is 2.57. The maximum absolute atomic E-state index is 10.2. The van der Waals surface area contributed by atoms with Crippen LogP contribution in [0.3, 0.4) is 0 Å². The van der Waals surface area contributed by atoms with Gasteiger partial charge in [0.1, 0.15) is 0 Å². The van der Waals surface area contributed by atoms with Crippen molar-refractivity contribution in [1.82, 2.24) is 4.37 Å². The van der Waals surface area contributed by atoms with Gasteiger partial charge in [-0.15, -0.1) is 0 Å². The largest absolute Gasteiger partial charge is 0.393 e. The molecule has 0 spiro atoms. The van der Waals surface area contributed by atoms with Gasteiger partial charge in [-0.3, -0.25) is 0 Å². The van der Waals surface area contributed by atoms with Gasteiger partial charge in [0.2, 0.25) is 0 Å². The first-order chi connectivity index (χ1) is 14.0. The third kappa shape index (κ3) is 2.47. The Kier molecular flexibility index (Phi) is 3.97. The minimum absolute atomic E-state index is 0.112. The van der Waals surface area contributed by atoms with E-state index in [0.717, 1.165) is 36.1 Å². The van der Waals surface area contributed by atoms with Gasteiger partial charge in [0.25, 0.3) is 0 Å². The fraction of sp³-hybridized carbons (Fsp3) is 0.577. The number of rotatable bonds is 1. The van der Waals surface area contributed by atoms with E-state index >= 15 is 0 Å². The molecule has 29 heavy (non-hydrogen) atoms. The van der Waals surface area contributed by atoms with Crippen LogP contribution in [0, 0.1) is 28.6 Å². The van der Waals surface area contributed by atoms with Crippen molar-refractivity contribution in [3.63, 3.8) is 0 Å². The topological polar surface area (TPSA) is 33.1 Å². The van der Waals surface area contributed by atoms with Crippen LogP contribution < -0.4 is 0 Å². The number of nitrogens with zero attached hydrogens (tertiary/aromatic N) is 1. The van der Waals surface area contributed by atoms with Crippen molar-refractivity contribution in [2.45, 2.75) is 64.9 Å². The quantitative estimate of drug-likeness (QED) is 0.541. The van der Waals surface area contributed by atoms with Crippen molar-refractivity contribution in [2.24, 2.45) is 28.6 Å². The first-order valence-corrected chi connectivity index (χ1v) is 12.2. The van der Waals surface area contributed by atoms with Crippen LogP contribution in [0.2, 0.25) is 0 Å². The highest BCUT2D eigenvalue weighted by Crippen LogP contribution is 2.66. The number of aliphatic hydroxyl groups is 1. The average Bonchev–Trinajstić information content (AvgIpc) is 3.29. The van der Waals surface area contributed by atoms with Crippen LogP contribution in [0.15, 0.2) is 42.0 Å². The van der Waals surface area contributed by atoms with Gasteiger partial charge in [0.05, 0.1) is 16.5 Å². The Morgan fingerprint density at radius 1 is 1.00 bits per heavy atom. The third-order valence-electron chi connectivity index (χ3n) is 9.29. The summed E-state index contributed by atoms with van der Waals surface area (Å²) in [7, 11) is 0. The number of hydrogen-bond donors (Lipinski definition) is 1. The SMILES string of the molecule is CC12CCC(O)CC1=CCC1C2CC[C@]2(C)C(c3snc4ccccc34)=CCC12. The second kappa shape index (κ2) is 6.28. The van der Waals surface area contributed by atoms with E-state index in [0.29, 0.717) is 5.41 Å². The monoisotopic (exact) mass is 405 g/mol. The van der Waals surface area contributed by atoms with Gasteiger partial charge in [0, 0.05) is 5.39 Å². The Morgan fingerprint density at radius 2 is 1.83 bits per heavy atom. The zero-order chi connectivity index (χ0) is 19.8. The summed E-state index contributed by atoms with van der Waals surface area (Å²) in [5.74, 6) is 2.32. The minimum atomic E-state index is -0.112. The van der Waals surface area contributed by atoms with Crippen LogP contribution in [-0.4, -0.2) is 15.6 Å². The van der Waals surface area contributed by atoms with Crippen molar-refractivity contribution in [3.05, 3.63) is 46.9 Å². The second-order valence-electron chi connectivity index (χ2n) is 10.5. The maximum Gasteiger partial charge on any atom is 0.0847 e. The molecule has 152 valence electrons. The molecule has 1 aromatic heterocycles. The molecular formula is C26H31NOS. The molecule has 2 fully saturated rings. The third-order valence-corrected chi connectivity index (χ3v) is 10.2. The van der Waals surface area contributed by atoms with Gasteiger partial charge < -0.3 is 5.11 Å². The van der Waals surface area contributed by atoms with Gasteiger partial charge in [-0.25, -0.2) is 0 Å². The van der Waals surface area contributed by atoms with Crippen LogP contribution in [0.1, 0.15) is 63.7 Å². The summed E-state index contributed by atoms with van der Waals surface area (Å²) in [6.07, 6.45) is 13.1. The Balaban J connectivity index is 1.36. The number of hydrogen-bond acceptors (Lipinski definition) is 3. The van der Waals surface area contributed by atoms with Crippen molar-refractivity contribution >= 4 is 28.0 Å². The maximum atomic E-state index is 10.2. The second-order valence-corrected chi connectivity index (χ2v) is 11.3. The Morgan fingerprint density at radius 3 is 2.72 bits per heavy atom. The minimum Gasteiger partial charge on any atom is -0.393 e. The molecule has 3 heteroatoms. The molecule has 1 N–H and O–H groups in total. The lowest BCUT2D eigenvalue weighted by Crippen LogP contribution is -2.49. The number of aliphatic hydroxyl groups excluding tert-OH is 1. The molecular weight excluding hydrogens is 374 g/mol. The van der Waals surface area contributed by atoms with Gasteiger partial charge in [-0.05, 0) is 96.7 Å². The summed E-state index contributed by atoms with van der Waals surface area (Å²) < 4.78 is 4.75. The molecule has 2 saturated carbocycles. The summed E-state index contributed by atoms with van der Waals surface area (Å²) >= 11 is 1.70. The molecule has 4 aliphatic rings. The lowest BCUT2D eigenvalue weighted by Gasteiger charge is -2.57. The fourth-order valence-electron chi connectivity index (χ4n) is 7.64. The van der Waals surface area contributed by atoms with E-state index in [2.05, 4.69) is 50.3 Å². The Hall–Kier alpha value is -1.45.